The molecule has 2 rings (SSSR count). The molecular weight excluding hydrogens is 419 g/mol. The van der Waals surface area contributed by atoms with Gasteiger partial charge < -0.3 is 20.8 Å². The van der Waals surface area contributed by atoms with Gasteiger partial charge in [-0.15, -0.1) is 0 Å². The third-order valence-electron chi connectivity index (χ3n) is 3.64. The lowest BCUT2D eigenvalue weighted by atomic mass is 10.0. The highest BCUT2D eigenvalue weighted by atomic mass is 127. The van der Waals surface area contributed by atoms with E-state index in [0.29, 0.717) is 19.5 Å². The molecule has 0 aromatic heterocycles. The largest absolute Gasteiger partial charge is 0.465 e. The van der Waals surface area contributed by atoms with E-state index in [1.807, 2.05) is 48.5 Å². The van der Waals surface area contributed by atoms with E-state index < -0.39 is 18.2 Å². The summed E-state index contributed by atoms with van der Waals surface area (Å²) >= 11 is 2.25. The molecule has 2 aromatic rings. The maximum Gasteiger partial charge on any atom is 0.404 e. The Bertz CT molecular complexity index is 652. The molecule has 6 heteroatoms. The maximum absolute atomic E-state index is 11.0. The number of rotatable bonds is 8. The lowest BCUT2D eigenvalue weighted by Crippen LogP contribution is -2.48. The summed E-state index contributed by atoms with van der Waals surface area (Å²) in [4.78, 5) is 11.0. The third-order valence-corrected chi connectivity index (χ3v) is 4.31. The second-order valence-electron chi connectivity index (χ2n) is 5.57. The smallest absolute Gasteiger partial charge is 0.404 e. The Labute approximate surface area is 155 Å². The number of benzene rings is 2. The molecule has 0 heterocycles. The molecule has 0 radical (unpaired) electrons. The van der Waals surface area contributed by atoms with Crippen LogP contribution in [-0.4, -0.2) is 35.0 Å². The highest BCUT2D eigenvalue weighted by Gasteiger charge is 2.21. The van der Waals surface area contributed by atoms with E-state index in [1.54, 1.807) is 0 Å². The van der Waals surface area contributed by atoms with Crippen LogP contribution in [0.3, 0.4) is 0 Å². The van der Waals surface area contributed by atoms with Crippen LogP contribution in [0.1, 0.15) is 11.1 Å². The highest BCUT2D eigenvalue weighted by Crippen LogP contribution is 2.09. The molecule has 4 N–H and O–H groups in total. The van der Waals surface area contributed by atoms with Gasteiger partial charge in [-0.3, -0.25) is 0 Å². The molecule has 0 bridgehead atoms. The fourth-order valence-electron chi connectivity index (χ4n) is 2.46. The van der Waals surface area contributed by atoms with E-state index in [-0.39, 0.29) is 0 Å². The van der Waals surface area contributed by atoms with Crippen molar-refractivity contribution in [2.75, 3.05) is 6.54 Å². The Morgan fingerprint density at radius 3 is 2.46 bits per heavy atom. The number of halogens is 1. The van der Waals surface area contributed by atoms with Gasteiger partial charge in [-0.05, 0) is 52.3 Å². The molecule has 128 valence electrons. The molecule has 0 aliphatic rings. The minimum Gasteiger partial charge on any atom is -0.465 e. The van der Waals surface area contributed by atoms with Gasteiger partial charge in [-0.1, -0.05) is 42.5 Å². The van der Waals surface area contributed by atoms with Gasteiger partial charge in [0.2, 0.25) is 0 Å². The monoisotopic (exact) mass is 440 g/mol. The average Bonchev–Trinajstić information content (AvgIpc) is 2.55. The van der Waals surface area contributed by atoms with Crippen LogP contribution in [0.15, 0.2) is 54.6 Å². The van der Waals surface area contributed by atoms with Crippen molar-refractivity contribution in [1.29, 1.82) is 0 Å². The van der Waals surface area contributed by atoms with Crippen LogP contribution in [0.25, 0.3) is 0 Å². The Hall–Kier alpha value is -1.64. The first-order valence-corrected chi connectivity index (χ1v) is 8.79. The SMILES string of the molecule is O=C(O)N[C@@H](Cc1ccccc1)[C@@H](O)CNCc1cccc(I)c1. The van der Waals surface area contributed by atoms with E-state index in [0.717, 1.165) is 14.7 Å². The number of aliphatic hydroxyl groups excluding tert-OH is 1. The van der Waals surface area contributed by atoms with Crippen molar-refractivity contribution in [3.05, 3.63) is 69.3 Å². The minimum absolute atomic E-state index is 0.309. The molecule has 0 aliphatic heterocycles. The normalized spacial score (nSPS) is 13.2. The summed E-state index contributed by atoms with van der Waals surface area (Å²) in [6, 6.07) is 17.1. The van der Waals surface area contributed by atoms with Crippen molar-refractivity contribution in [3.63, 3.8) is 0 Å². The number of aliphatic hydroxyl groups is 1. The van der Waals surface area contributed by atoms with E-state index in [1.165, 1.54) is 0 Å². The van der Waals surface area contributed by atoms with Gasteiger partial charge in [0.05, 0.1) is 12.1 Å². The molecule has 5 nitrogen and oxygen atoms in total. The van der Waals surface area contributed by atoms with Crippen LogP contribution in [0.4, 0.5) is 4.79 Å². The average molecular weight is 440 g/mol. The molecule has 2 aromatic carbocycles. The zero-order chi connectivity index (χ0) is 17.4. The van der Waals surface area contributed by atoms with E-state index in [2.05, 4.69) is 39.3 Å². The molecule has 0 unspecified atom stereocenters. The van der Waals surface area contributed by atoms with Crippen LogP contribution in [0.2, 0.25) is 0 Å². The lowest BCUT2D eigenvalue weighted by Gasteiger charge is -2.23. The Morgan fingerprint density at radius 2 is 1.79 bits per heavy atom. The van der Waals surface area contributed by atoms with E-state index in [4.69, 9.17) is 5.11 Å². The Balaban J connectivity index is 1.89. The molecular formula is C18H21IN2O3. The fraction of sp³-hybridized carbons (Fsp3) is 0.278. The van der Waals surface area contributed by atoms with Crippen molar-refractivity contribution >= 4 is 28.7 Å². The number of hydrogen-bond acceptors (Lipinski definition) is 3. The van der Waals surface area contributed by atoms with Crippen LogP contribution in [-0.2, 0) is 13.0 Å². The first kappa shape index (κ1) is 18.7. The van der Waals surface area contributed by atoms with E-state index in [9.17, 15) is 9.90 Å². The van der Waals surface area contributed by atoms with Gasteiger partial charge in [0.25, 0.3) is 0 Å². The predicted molar refractivity (Wildman–Crippen MR) is 102 cm³/mol. The van der Waals surface area contributed by atoms with Crippen molar-refractivity contribution in [2.24, 2.45) is 0 Å². The Kier molecular flexibility index (Phi) is 7.48. The number of carboxylic acid groups (broad SMARTS) is 1. The van der Waals surface area contributed by atoms with Gasteiger partial charge in [-0.2, -0.15) is 0 Å². The highest BCUT2D eigenvalue weighted by molar-refractivity contribution is 14.1. The fourth-order valence-corrected chi connectivity index (χ4v) is 3.07. The van der Waals surface area contributed by atoms with Gasteiger partial charge in [-0.25, -0.2) is 4.79 Å². The van der Waals surface area contributed by atoms with Gasteiger partial charge in [0.15, 0.2) is 0 Å². The quantitative estimate of drug-likeness (QED) is 0.476. The van der Waals surface area contributed by atoms with Crippen LogP contribution in [0.5, 0.6) is 0 Å². The van der Waals surface area contributed by atoms with Crippen molar-refractivity contribution in [2.45, 2.75) is 25.1 Å². The third kappa shape index (κ3) is 6.46. The summed E-state index contributed by atoms with van der Waals surface area (Å²) in [5.74, 6) is 0. The molecule has 2 atom stereocenters. The van der Waals surface area contributed by atoms with Gasteiger partial charge in [0, 0.05) is 16.7 Å². The van der Waals surface area contributed by atoms with Crippen molar-refractivity contribution < 1.29 is 15.0 Å². The number of nitrogens with one attached hydrogen (secondary N) is 2. The first-order chi connectivity index (χ1) is 11.5. The summed E-state index contributed by atoms with van der Waals surface area (Å²) in [5.41, 5.74) is 2.10. The minimum atomic E-state index is -1.13. The summed E-state index contributed by atoms with van der Waals surface area (Å²) < 4.78 is 1.15. The molecule has 1 amide bonds. The Morgan fingerprint density at radius 1 is 1.08 bits per heavy atom. The zero-order valence-corrected chi connectivity index (χ0v) is 15.3. The maximum atomic E-state index is 11.0. The molecule has 0 saturated carbocycles. The van der Waals surface area contributed by atoms with Crippen molar-refractivity contribution in [1.82, 2.24) is 10.6 Å². The van der Waals surface area contributed by atoms with Gasteiger partial charge in [0.1, 0.15) is 0 Å². The molecule has 0 saturated heterocycles. The van der Waals surface area contributed by atoms with Crippen LogP contribution < -0.4 is 10.6 Å². The molecule has 0 fully saturated rings. The molecule has 24 heavy (non-hydrogen) atoms. The second kappa shape index (κ2) is 9.61. The number of amides is 1. The number of hydrogen-bond donors (Lipinski definition) is 4. The summed E-state index contributed by atoms with van der Waals surface area (Å²) in [6.07, 6.45) is -1.50. The standard InChI is InChI=1S/C18H21IN2O3/c19-15-8-4-7-14(9-15)11-20-12-17(22)16(21-18(23)24)10-13-5-2-1-3-6-13/h1-9,16-17,20-22H,10-12H2,(H,23,24)/t16-,17-/m0/s1. The summed E-state index contributed by atoms with van der Waals surface area (Å²) in [6.45, 7) is 0.933. The first-order valence-electron chi connectivity index (χ1n) is 7.71. The predicted octanol–water partition coefficient (Wildman–Crippen LogP) is 2.62. The number of carbonyl (C=O) groups is 1. The van der Waals surface area contributed by atoms with Crippen LogP contribution >= 0.6 is 22.6 Å². The molecule has 0 aliphatic carbocycles. The summed E-state index contributed by atoms with van der Waals surface area (Å²) in [7, 11) is 0. The van der Waals surface area contributed by atoms with Crippen molar-refractivity contribution in [3.8, 4) is 0 Å². The lowest BCUT2D eigenvalue weighted by molar-refractivity contribution is 0.117. The van der Waals surface area contributed by atoms with Gasteiger partial charge >= 0.3 is 6.09 Å². The van der Waals surface area contributed by atoms with Crippen LogP contribution in [0, 0.1) is 3.57 Å². The summed E-state index contributed by atoms with van der Waals surface area (Å²) in [5, 5.41) is 25.0. The van der Waals surface area contributed by atoms with E-state index >= 15 is 0 Å². The molecule has 0 spiro atoms. The topological polar surface area (TPSA) is 81.6 Å². The zero-order valence-electron chi connectivity index (χ0n) is 13.2. The second-order valence-corrected chi connectivity index (χ2v) is 6.82.